The van der Waals surface area contributed by atoms with Crippen molar-refractivity contribution in [1.29, 1.82) is 0 Å². The van der Waals surface area contributed by atoms with Gasteiger partial charge in [0.2, 0.25) is 0 Å². The van der Waals surface area contributed by atoms with E-state index in [0.29, 0.717) is 11.3 Å². The molecule has 118 valence electrons. The van der Waals surface area contributed by atoms with Gasteiger partial charge < -0.3 is 4.74 Å². The van der Waals surface area contributed by atoms with E-state index in [-0.39, 0.29) is 5.97 Å². The summed E-state index contributed by atoms with van der Waals surface area (Å²) in [6.07, 6.45) is 3.62. The minimum absolute atomic E-state index is 0.319. The quantitative estimate of drug-likeness (QED) is 0.383. The summed E-state index contributed by atoms with van der Waals surface area (Å²) in [6.45, 7) is 0. The third-order valence-corrected chi connectivity index (χ3v) is 4.55. The Kier molecular flexibility index (Phi) is 2.94. The number of fused-ring (bicyclic) bond motifs is 3. The van der Waals surface area contributed by atoms with Crippen LogP contribution in [0.2, 0.25) is 0 Å². The van der Waals surface area contributed by atoms with E-state index in [1.807, 2.05) is 72.8 Å². The lowest BCUT2D eigenvalue weighted by Crippen LogP contribution is -2.00. The van der Waals surface area contributed by atoms with Gasteiger partial charge in [-0.15, -0.1) is 0 Å². The van der Waals surface area contributed by atoms with Crippen molar-refractivity contribution < 1.29 is 9.53 Å². The first-order chi connectivity index (χ1) is 12.3. The molecule has 2 aromatic carbocycles. The highest BCUT2D eigenvalue weighted by Crippen LogP contribution is 2.46. The van der Waals surface area contributed by atoms with Crippen molar-refractivity contribution in [3.63, 3.8) is 0 Å². The molecule has 5 rings (SSSR count). The highest BCUT2D eigenvalue weighted by Gasteiger charge is 2.32. The van der Waals surface area contributed by atoms with Crippen LogP contribution in [0.1, 0.15) is 16.7 Å². The van der Waals surface area contributed by atoms with Crippen molar-refractivity contribution >= 4 is 17.3 Å². The Labute approximate surface area is 144 Å². The van der Waals surface area contributed by atoms with Crippen LogP contribution in [0, 0.1) is 0 Å². The fourth-order valence-corrected chi connectivity index (χ4v) is 3.46. The first kappa shape index (κ1) is 13.9. The minimum Gasteiger partial charge on any atom is -0.422 e. The van der Waals surface area contributed by atoms with Crippen LogP contribution in [0.25, 0.3) is 22.6 Å². The monoisotopic (exact) mass is 323 g/mol. The van der Waals surface area contributed by atoms with Crippen LogP contribution < -0.4 is 0 Å². The summed E-state index contributed by atoms with van der Waals surface area (Å²) >= 11 is 0. The second-order valence-corrected chi connectivity index (χ2v) is 6.00. The summed E-state index contributed by atoms with van der Waals surface area (Å²) < 4.78 is 5.55. The number of aromatic nitrogens is 1. The van der Waals surface area contributed by atoms with Crippen LogP contribution in [-0.4, -0.2) is 11.0 Å². The SMILES string of the molecule is O=C1OC(c2ccccc2)=CC1=C1c2ccccc2-c2ncccc21. The lowest BCUT2D eigenvalue weighted by molar-refractivity contribution is -0.130. The molecule has 3 aromatic rings. The van der Waals surface area contributed by atoms with Crippen molar-refractivity contribution in [2.45, 2.75) is 0 Å². The van der Waals surface area contributed by atoms with E-state index in [1.54, 1.807) is 6.20 Å². The molecular formula is C22H13NO2. The van der Waals surface area contributed by atoms with Crippen LogP contribution in [0.3, 0.4) is 0 Å². The Morgan fingerprint density at radius 3 is 2.32 bits per heavy atom. The summed E-state index contributed by atoms with van der Waals surface area (Å²) in [5, 5.41) is 0. The number of carbonyl (C=O) groups is 1. The maximum absolute atomic E-state index is 12.6. The van der Waals surface area contributed by atoms with E-state index in [9.17, 15) is 4.79 Å². The molecule has 0 unspecified atom stereocenters. The number of hydrogen-bond acceptors (Lipinski definition) is 3. The summed E-state index contributed by atoms with van der Waals surface area (Å²) in [4.78, 5) is 17.1. The molecule has 2 aliphatic rings. The van der Waals surface area contributed by atoms with Crippen molar-refractivity contribution in [3.05, 3.63) is 101 Å². The van der Waals surface area contributed by atoms with Crippen LogP contribution >= 0.6 is 0 Å². The molecule has 0 N–H and O–H groups in total. The topological polar surface area (TPSA) is 39.2 Å². The lowest BCUT2D eigenvalue weighted by atomic mass is 9.98. The predicted octanol–water partition coefficient (Wildman–Crippen LogP) is 4.46. The van der Waals surface area contributed by atoms with Crippen molar-refractivity contribution in [2.75, 3.05) is 0 Å². The molecule has 25 heavy (non-hydrogen) atoms. The van der Waals surface area contributed by atoms with Gasteiger partial charge in [0.25, 0.3) is 0 Å². The van der Waals surface area contributed by atoms with E-state index in [0.717, 1.165) is 33.5 Å². The molecule has 1 aliphatic heterocycles. The van der Waals surface area contributed by atoms with Crippen molar-refractivity contribution in [1.82, 2.24) is 4.98 Å². The van der Waals surface area contributed by atoms with Crippen LogP contribution in [-0.2, 0) is 9.53 Å². The molecule has 3 nitrogen and oxygen atoms in total. The number of cyclic esters (lactones) is 1. The number of pyridine rings is 1. The van der Waals surface area contributed by atoms with E-state index >= 15 is 0 Å². The molecule has 1 aromatic heterocycles. The summed E-state index contributed by atoms with van der Waals surface area (Å²) in [6, 6.07) is 21.6. The molecule has 0 bridgehead atoms. The molecule has 0 radical (unpaired) electrons. The second-order valence-electron chi connectivity index (χ2n) is 6.00. The normalized spacial score (nSPS) is 17.8. The second kappa shape index (κ2) is 5.28. The van der Waals surface area contributed by atoms with Gasteiger partial charge in [-0.3, -0.25) is 4.98 Å². The Balaban J connectivity index is 1.77. The van der Waals surface area contributed by atoms with Crippen molar-refractivity contribution in [3.8, 4) is 11.3 Å². The van der Waals surface area contributed by atoms with E-state index in [1.165, 1.54) is 0 Å². The molecular weight excluding hydrogens is 310 g/mol. The Hall–Kier alpha value is -3.46. The largest absolute Gasteiger partial charge is 0.422 e. The van der Waals surface area contributed by atoms with Crippen LogP contribution in [0.15, 0.2) is 84.6 Å². The molecule has 0 spiro atoms. The summed E-state index contributed by atoms with van der Waals surface area (Å²) in [5.41, 5.74) is 6.33. The average molecular weight is 323 g/mol. The fourth-order valence-electron chi connectivity index (χ4n) is 3.46. The molecule has 0 amide bonds. The van der Waals surface area contributed by atoms with Gasteiger partial charge in [-0.1, -0.05) is 60.7 Å². The van der Waals surface area contributed by atoms with E-state index < -0.39 is 0 Å². The van der Waals surface area contributed by atoms with Gasteiger partial charge in [0.15, 0.2) is 0 Å². The zero-order valence-electron chi connectivity index (χ0n) is 13.3. The van der Waals surface area contributed by atoms with Gasteiger partial charge in [0, 0.05) is 28.5 Å². The van der Waals surface area contributed by atoms with Gasteiger partial charge in [0.1, 0.15) is 5.76 Å². The maximum Gasteiger partial charge on any atom is 0.344 e. The van der Waals surface area contributed by atoms with Gasteiger partial charge in [-0.05, 0) is 17.7 Å². The highest BCUT2D eigenvalue weighted by atomic mass is 16.5. The van der Waals surface area contributed by atoms with Gasteiger partial charge in [-0.2, -0.15) is 0 Å². The minimum atomic E-state index is -0.319. The number of carbonyl (C=O) groups excluding carboxylic acids is 1. The van der Waals surface area contributed by atoms with E-state index in [2.05, 4.69) is 4.98 Å². The van der Waals surface area contributed by atoms with Gasteiger partial charge >= 0.3 is 5.97 Å². The standard InChI is InChI=1S/C22H13NO2/c24-22-18(13-19(25-22)14-7-2-1-3-8-14)20-15-9-4-5-10-16(15)21-17(20)11-6-12-23-21/h1-13H. The predicted molar refractivity (Wildman–Crippen MR) is 96.2 cm³/mol. The average Bonchev–Trinajstić information content (AvgIpc) is 3.20. The number of benzene rings is 2. The molecule has 0 atom stereocenters. The smallest absolute Gasteiger partial charge is 0.344 e. The molecule has 2 heterocycles. The highest BCUT2D eigenvalue weighted by molar-refractivity contribution is 6.14. The fraction of sp³-hybridized carbons (Fsp3) is 0. The third-order valence-electron chi connectivity index (χ3n) is 4.55. The Morgan fingerprint density at radius 2 is 1.48 bits per heavy atom. The molecule has 0 saturated heterocycles. The summed E-state index contributed by atoms with van der Waals surface area (Å²) in [5.74, 6) is 0.267. The zero-order valence-corrected chi connectivity index (χ0v) is 13.3. The molecule has 3 heteroatoms. The first-order valence-corrected chi connectivity index (χ1v) is 8.11. The number of ether oxygens (including phenoxy) is 1. The number of hydrogen-bond donors (Lipinski definition) is 0. The number of rotatable bonds is 1. The number of nitrogens with zero attached hydrogens (tertiary/aromatic N) is 1. The first-order valence-electron chi connectivity index (χ1n) is 8.11. The van der Waals surface area contributed by atoms with Gasteiger partial charge in [0.05, 0.1) is 11.3 Å². The van der Waals surface area contributed by atoms with Crippen LogP contribution in [0.5, 0.6) is 0 Å². The maximum atomic E-state index is 12.6. The molecule has 0 fully saturated rings. The Morgan fingerprint density at radius 1 is 0.760 bits per heavy atom. The molecule has 1 aliphatic carbocycles. The summed E-state index contributed by atoms with van der Waals surface area (Å²) in [7, 11) is 0. The third kappa shape index (κ3) is 2.06. The number of esters is 1. The van der Waals surface area contributed by atoms with E-state index in [4.69, 9.17) is 4.74 Å². The van der Waals surface area contributed by atoms with Crippen molar-refractivity contribution in [2.24, 2.45) is 0 Å². The van der Waals surface area contributed by atoms with Crippen LogP contribution in [0.4, 0.5) is 0 Å². The van der Waals surface area contributed by atoms with Gasteiger partial charge in [-0.25, -0.2) is 4.79 Å². The Bertz CT molecular complexity index is 1030. The zero-order chi connectivity index (χ0) is 16.8. The lowest BCUT2D eigenvalue weighted by Gasteiger charge is -2.04. The molecule has 0 saturated carbocycles.